The number of aliphatic hydroxyl groups is 1. The Bertz CT molecular complexity index is 520. The highest BCUT2D eigenvalue weighted by molar-refractivity contribution is 7.19. The zero-order chi connectivity index (χ0) is 11.1. The van der Waals surface area contributed by atoms with E-state index in [9.17, 15) is 5.11 Å². The number of ether oxygens (including phenoxy) is 1. The van der Waals surface area contributed by atoms with Crippen molar-refractivity contribution in [3.8, 4) is 5.19 Å². The van der Waals surface area contributed by atoms with Gasteiger partial charge in [-0.1, -0.05) is 11.3 Å². The summed E-state index contributed by atoms with van der Waals surface area (Å²) in [6.07, 6.45) is 2.07. The smallest absolute Gasteiger partial charge is 0.276 e. The van der Waals surface area contributed by atoms with Gasteiger partial charge in [0.15, 0.2) is 0 Å². The van der Waals surface area contributed by atoms with Crippen LogP contribution in [0.15, 0.2) is 12.1 Å². The van der Waals surface area contributed by atoms with Crippen LogP contribution in [0.25, 0.3) is 10.3 Å². The Morgan fingerprint density at radius 3 is 2.94 bits per heavy atom. The van der Waals surface area contributed by atoms with Gasteiger partial charge in [-0.15, -0.1) is 0 Å². The number of aromatic nitrogens is 2. The Kier molecular flexibility index (Phi) is 2.29. The summed E-state index contributed by atoms with van der Waals surface area (Å²) >= 11 is 1.44. The fourth-order valence-corrected chi connectivity index (χ4v) is 2.29. The van der Waals surface area contributed by atoms with Crippen molar-refractivity contribution in [2.75, 3.05) is 0 Å². The molecule has 0 aromatic carbocycles. The van der Waals surface area contributed by atoms with Crippen molar-refractivity contribution in [2.45, 2.75) is 32.0 Å². The fourth-order valence-electron chi connectivity index (χ4n) is 1.42. The number of aliphatic hydroxyl groups excluding tert-OH is 1. The number of rotatable bonds is 3. The Morgan fingerprint density at radius 2 is 2.25 bits per heavy atom. The van der Waals surface area contributed by atoms with Gasteiger partial charge in [0.2, 0.25) is 0 Å². The van der Waals surface area contributed by atoms with Crippen LogP contribution >= 0.6 is 11.3 Å². The van der Waals surface area contributed by atoms with Gasteiger partial charge in [-0.25, -0.2) is 9.97 Å². The molecular formula is C11H12N2O2S. The van der Waals surface area contributed by atoms with Crippen molar-refractivity contribution in [3.05, 3.63) is 17.8 Å². The van der Waals surface area contributed by atoms with Crippen LogP contribution in [-0.4, -0.2) is 21.2 Å². The first-order valence-electron chi connectivity index (χ1n) is 5.34. The van der Waals surface area contributed by atoms with Crippen LogP contribution < -0.4 is 4.74 Å². The van der Waals surface area contributed by atoms with E-state index in [-0.39, 0.29) is 0 Å². The quantitative estimate of drug-likeness (QED) is 0.888. The van der Waals surface area contributed by atoms with Crippen LogP contribution in [0, 0.1) is 0 Å². The van der Waals surface area contributed by atoms with E-state index in [4.69, 9.17) is 4.74 Å². The molecule has 84 valence electrons. The Balaban J connectivity index is 1.96. The number of fused-ring (bicyclic) bond motifs is 1. The zero-order valence-electron chi connectivity index (χ0n) is 8.88. The van der Waals surface area contributed by atoms with Crippen molar-refractivity contribution < 1.29 is 9.84 Å². The summed E-state index contributed by atoms with van der Waals surface area (Å²) in [5, 5.41) is 10.1. The topological polar surface area (TPSA) is 55.2 Å². The summed E-state index contributed by atoms with van der Waals surface area (Å²) < 4.78 is 5.62. The van der Waals surface area contributed by atoms with Crippen LogP contribution in [0.1, 0.15) is 31.6 Å². The third kappa shape index (κ3) is 1.88. The second-order valence-corrected chi connectivity index (χ2v) is 4.97. The molecule has 1 saturated carbocycles. The SMILES string of the molecule is CC(O)c1ccc2nc(OC3CC3)sc2n1. The molecule has 2 aromatic heterocycles. The first-order chi connectivity index (χ1) is 7.72. The molecule has 1 atom stereocenters. The van der Waals surface area contributed by atoms with Crippen molar-refractivity contribution in [1.29, 1.82) is 0 Å². The van der Waals surface area contributed by atoms with Crippen LogP contribution in [0.5, 0.6) is 5.19 Å². The Morgan fingerprint density at radius 1 is 1.44 bits per heavy atom. The third-order valence-corrected chi connectivity index (χ3v) is 3.33. The number of thiazole rings is 1. The lowest BCUT2D eigenvalue weighted by atomic mass is 10.2. The average molecular weight is 236 g/mol. The molecule has 0 saturated heterocycles. The fraction of sp³-hybridized carbons (Fsp3) is 0.455. The lowest BCUT2D eigenvalue weighted by Gasteiger charge is -2.01. The minimum Gasteiger partial charge on any atom is -0.467 e. The molecule has 0 spiro atoms. The minimum absolute atomic E-state index is 0.358. The molecule has 5 heteroatoms. The predicted molar refractivity (Wildman–Crippen MR) is 61.7 cm³/mol. The summed E-state index contributed by atoms with van der Waals surface area (Å²) in [7, 11) is 0. The average Bonchev–Trinajstić information content (AvgIpc) is 2.96. The predicted octanol–water partition coefficient (Wildman–Crippen LogP) is 2.29. The molecule has 3 rings (SSSR count). The molecular weight excluding hydrogens is 224 g/mol. The van der Waals surface area contributed by atoms with Gasteiger partial charge in [0.25, 0.3) is 5.19 Å². The minimum atomic E-state index is -0.542. The molecule has 1 N–H and O–H groups in total. The Hall–Kier alpha value is -1.20. The van der Waals surface area contributed by atoms with Crippen LogP contribution in [0.3, 0.4) is 0 Å². The highest BCUT2D eigenvalue weighted by Gasteiger charge is 2.25. The number of nitrogens with zero attached hydrogens (tertiary/aromatic N) is 2. The summed E-state index contributed by atoms with van der Waals surface area (Å²) in [4.78, 5) is 9.52. The maximum absolute atomic E-state index is 9.44. The van der Waals surface area contributed by atoms with Gasteiger partial charge in [0, 0.05) is 0 Å². The van der Waals surface area contributed by atoms with E-state index in [0.29, 0.717) is 17.0 Å². The molecule has 1 unspecified atom stereocenters. The maximum atomic E-state index is 9.44. The molecule has 1 aliphatic carbocycles. The molecule has 2 aromatic rings. The van der Waals surface area contributed by atoms with Crippen LogP contribution in [0.2, 0.25) is 0 Å². The monoisotopic (exact) mass is 236 g/mol. The number of pyridine rings is 1. The first-order valence-corrected chi connectivity index (χ1v) is 6.16. The van der Waals surface area contributed by atoms with E-state index in [2.05, 4.69) is 9.97 Å². The van der Waals surface area contributed by atoms with Gasteiger partial charge < -0.3 is 9.84 Å². The van der Waals surface area contributed by atoms with Gasteiger partial charge in [-0.05, 0) is 31.9 Å². The molecule has 0 radical (unpaired) electrons. The van der Waals surface area contributed by atoms with Gasteiger partial charge in [-0.3, -0.25) is 0 Å². The second-order valence-electron chi connectivity index (χ2n) is 4.03. The highest BCUT2D eigenvalue weighted by atomic mass is 32.1. The molecule has 16 heavy (non-hydrogen) atoms. The van der Waals surface area contributed by atoms with Crippen molar-refractivity contribution in [1.82, 2.24) is 9.97 Å². The van der Waals surface area contributed by atoms with Crippen LogP contribution in [-0.2, 0) is 0 Å². The summed E-state index contributed by atoms with van der Waals surface area (Å²) in [6.45, 7) is 1.71. The van der Waals surface area contributed by atoms with E-state index in [1.807, 2.05) is 6.07 Å². The van der Waals surface area contributed by atoms with Crippen molar-refractivity contribution in [3.63, 3.8) is 0 Å². The van der Waals surface area contributed by atoms with Gasteiger partial charge >= 0.3 is 0 Å². The lowest BCUT2D eigenvalue weighted by Crippen LogP contribution is -1.94. The standard InChI is InChI=1S/C11H12N2O2S/c1-6(14)8-4-5-9-10(12-8)16-11(13-9)15-7-2-3-7/h4-7,14H,2-3H2,1H3. The first kappa shape index (κ1) is 9.99. The van der Waals surface area contributed by atoms with Gasteiger partial charge in [-0.2, -0.15) is 0 Å². The van der Waals surface area contributed by atoms with E-state index in [0.717, 1.165) is 23.2 Å². The van der Waals surface area contributed by atoms with E-state index in [1.54, 1.807) is 13.0 Å². The van der Waals surface area contributed by atoms with E-state index >= 15 is 0 Å². The highest BCUT2D eigenvalue weighted by Crippen LogP contribution is 2.32. The molecule has 2 heterocycles. The molecule has 1 aliphatic rings. The number of hydrogen-bond acceptors (Lipinski definition) is 5. The van der Waals surface area contributed by atoms with Crippen LogP contribution in [0.4, 0.5) is 0 Å². The van der Waals surface area contributed by atoms with Gasteiger partial charge in [0.05, 0.1) is 11.8 Å². The van der Waals surface area contributed by atoms with Crippen molar-refractivity contribution in [2.24, 2.45) is 0 Å². The second kappa shape index (κ2) is 3.68. The summed E-state index contributed by atoms with van der Waals surface area (Å²) in [5.74, 6) is 0. The van der Waals surface area contributed by atoms with E-state index < -0.39 is 6.10 Å². The molecule has 4 nitrogen and oxygen atoms in total. The van der Waals surface area contributed by atoms with Gasteiger partial charge in [0.1, 0.15) is 16.5 Å². The lowest BCUT2D eigenvalue weighted by molar-refractivity contribution is 0.195. The van der Waals surface area contributed by atoms with Crippen molar-refractivity contribution >= 4 is 21.7 Å². The Labute approximate surface area is 96.9 Å². The zero-order valence-corrected chi connectivity index (χ0v) is 9.70. The largest absolute Gasteiger partial charge is 0.467 e. The third-order valence-electron chi connectivity index (χ3n) is 2.48. The summed E-state index contributed by atoms with van der Waals surface area (Å²) in [5.41, 5.74) is 1.51. The number of hydrogen-bond donors (Lipinski definition) is 1. The molecule has 0 aliphatic heterocycles. The normalized spacial score (nSPS) is 17.6. The molecule has 1 fully saturated rings. The van der Waals surface area contributed by atoms with E-state index in [1.165, 1.54) is 11.3 Å². The molecule has 0 bridgehead atoms. The molecule has 0 amide bonds. The summed E-state index contributed by atoms with van der Waals surface area (Å²) in [6, 6.07) is 3.67. The maximum Gasteiger partial charge on any atom is 0.276 e.